The van der Waals surface area contributed by atoms with E-state index in [0.29, 0.717) is 5.02 Å². The van der Waals surface area contributed by atoms with Crippen LogP contribution < -0.4 is 0 Å². The Morgan fingerprint density at radius 1 is 1.36 bits per heavy atom. The Balaban J connectivity index is 2.09. The minimum Gasteiger partial charge on any atom is -0.258 e. The van der Waals surface area contributed by atoms with E-state index in [1.807, 2.05) is 18.2 Å². The summed E-state index contributed by atoms with van der Waals surface area (Å²) in [5.41, 5.74) is 0.757. The van der Waals surface area contributed by atoms with Crippen LogP contribution >= 0.6 is 23.4 Å². The van der Waals surface area contributed by atoms with Gasteiger partial charge in [-0.25, -0.2) is 0 Å². The molecule has 0 aromatic heterocycles. The molecule has 1 aliphatic rings. The summed E-state index contributed by atoms with van der Waals surface area (Å²) in [4.78, 5) is 4.16. The van der Waals surface area contributed by atoms with Gasteiger partial charge in [-0.1, -0.05) is 29.4 Å². The molecule has 1 aromatic carbocycles. The Kier molecular flexibility index (Phi) is 3.16. The quantitative estimate of drug-likeness (QED) is 0.674. The monoisotopic (exact) mass is 225 g/mol. The molecule has 1 heterocycles. The fourth-order valence-electron chi connectivity index (χ4n) is 1.02. The molecular weight excluding hydrogens is 218 g/mol. The molecule has 5 heteroatoms. The zero-order chi connectivity index (χ0) is 9.80. The van der Waals surface area contributed by atoms with Crippen LogP contribution in [0.1, 0.15) is 0 Å². The van der Waals surface area contributed by atoms with Crippen molar-refractivity contribution in [3.63, 3.8) is 0 Å². The molecule has 0 unspecified atom stereocenters. The van der Waals surface area contributed by atoms with E-state index >= 15 is 0 Å². The van der Waals surface area contributed by atoms with E-state index in [1.165, 1.54) is 0 Å². The van der Waals surface area contributed by atoms with Crippen LogP contribution in [0.25, 0.3) is 0 Å². The maximum Gasteiger partial charge on any atom is 0.204 e. The molecule has 0 atom stereocenters. The van der Waals surface area contributed by atoms with Crippen molar-refractivity contribution in [3.8, 4) is 0 Å². The molecule has 0 N–H and O–H groups in total. The lowest BCUT2D eigenvalue weighted by atomic mass is 10.3. The van der Waals surface area contributed by atoms with Crippen molar-refractivity contribution in [3.05, 3.63) is 29.3 Å². The molecule has 0 saturated heterocycles. The SMILES string of the molecule is Clc1cccc(N=NC2=NCCS2)c1. The first-order chi connectivity index (χ1) is 6.84. The molecule has 3 nitrogen and oxygen atoms in total. The van der Waals surface area contributed by atoms with Gasteiger partial charge in [-0.3, -0.25) is 4.99 Å². The Morgan fingerprint density at radius 3 is 3.00 bits per heavy atom. The van der Waals surface area contributed by atoms with Crippen molar-refractivity contribution in [2.45, 2.75) is 0 Å². The molecule has 0 radical (unpaired) electrons. The van der Waals surface area contributed by atoms with Gasteiger partial charge in [-0.2, -0.15) is 0 Å². The van der Waals surface area contributed by atoms with Gasteiger partial charge in [0.25, 0.3) is 0 Å². The lowest BCUT2D eigenvalue weighted by Gasteiger charge is -1.92. The van der Waals surface area contributed by atoms with Crippen molar-refractivity contribution in [1.82, 2.24) is 0 Å². The topological polar surface area (TPSA) is 37.1 Å². The van der Waals surface area contributed by atoms with Gasteiger partial charge in [-0.15, -0.1) is 10.2 Å². The highest BCUT2D eigenvalue weighted by atomic mass is 35.5. The number of hydrogen-bond acceptors (Lipinski definition) is 4. The summed E-state index contributed by atoms with van der Waals surface area (Å²) in [6.07, 6.45) is 0. The predicted octanol–water partition coefficient (Wildman–Crippen LogP) is 3.53. The molecule has 2 rings (SSSR count). The number of aliphatic imine (C=N–C) groups is 1. The standard InChI is InChI=1S/C9H8ClN3S/c10-7-2-1-3-8(6-7)12-13-9-11-4-5-14-9/h1-3,6H,4-5H2. The second-order valence-electron chi connectivity index (χ2n) is 2.69. The fraction of sp³-hybridized carbons (Fsp3) is 0.222. The Morgan fingerprint density at radius 2 is 2.29 bits per heavy atom. The molecule has 0 aliphatic carbocycles. The molecule has 1 aliphatic heterocycles. The zero-order valence-electron chi connectivity index (χ0n) is 7.35. The molecular formula is C9H8ClN3S. The molecule has 0 amide bonds. The van der Waals surface area contributed by atoms with Gasteiger partial charge in [0.15, 0.2) is 0 Å². The summed E-state index contributed by atoms with van der Waals surface area (Å²) in [6, 6.07) is 7.28. The second kappa shape index (κ2) is 4.57. The van der Waals surface area contributed by atoms with Crippen molar-refractivity contribution in [1.29, 1.82) is 0 Å². The fourth-order valence-corrected chi connectivity index (χ4v) is 1.85. The highest BCUT2D eigenvalue weighted by Gasteiger charge is 2.04. The number of hydrogen-bond donors (Lipinski definition) is 0. The van der Waals surface area contributed by atoms with Gasteiger partial charge in [0.1, 0.15) is 0 Å². The van der Waals surface area contributed by atoms with Gasteiger partial charge >= 0.3 is 0 Å². The Bertz CT molecular complexity index is 389. The largest absolute Gasteiger partial charge is 0.258 e. The molecule has 0 fully saturated rings. The molecule has 0 bridgehead atoms. The van der Waals surface area contributed by atoms with Crippen LogP contribution in [0.5, 0.6) is 0 Å². The third kappa shape index (κ3) is 2.56. The molecule has 0 saturated carbocycles. The van der Waals surface area contributed by atoms with Crippen molar-refractivity contribution in [2.24, 2.45) is 15.2 Å². The molecule has 72 valence electrons. The van der Waals surface area contributed by atoms with Crippen LogP contribution in [0.3, 0.4) is 0 Å². The zero-order valence-corrected chi connectivity index (χ0v) is 8.92. The van der Waals surface area contributed by atoms with E-state index in [4.69, 9.17) is 11.6 Å². The summed E-state index contributed by atoms with van der Waals surface area (Å²) in [5, 5.41) is 9.48. The number of azo groups is 1. The van der Waals surface area contributed by atoms with Crippen molar-refractivity contribution in [2.75, 3.05) is 12.3 Å². The summed E-state index contributed by atoms with van der Waals surface area (Å²) in [7, 11) is 0. The van der Waals surface area contributed by atoms with E-state index in [1.54, 1.807) is 17.8 Å². The summed E-state index contributed by atoms with van der Waals surface area (Å²) in [5.74, 6) is 1.00. The van der Waals surface area contributed by atoms with Crippen molar-refractivity contribution < 1.29 is 0 Å². The van der Waals surface area contributed by atoms with E-state index in [-0.39, 0.29) is 0 Å². The highest BCUT2D eigenvalue weighted by Crippen LogP contribution is 2.20. The summed E-state index contributed by atoms with van der Waals surface area (Å²) >= 11 is 7.43. The number of nitrogens with zero attached hydrogens (tertiary/aromatic N) is 3. The summed E-state index contributed by atoms with van der Waals surface area (Å²) in [6.45, 7) is 0.842. The number of amidine groups is 1. The minimum atomic E-state index is 0.669. The maximum absolute atomic E-state index is 5.80. The van der Waals surface area contributed by atoms with Crippen LogP contribution in [-0.4, -0.2) is 17.5 Å². The van der Waals surface area contributed by atoms with Crippen LogP contribution in [-0.2, 0) is 0 Å². The van der Waals surface area contributed by atoms with Crippen LogP contribution in [0.2, 0.25) is 5.02 Å². The third-order valence-corrected chi connectivity index (χ3v) is 2.72. The normalized spacial score (nSPS) is 16.2. The Hall–Kier alpha value is -0.870. The average molecular weight is 226 g/mol. The average Bonchev–Trinajstić information content (AvgIpc) is 2.67. The molecule has 0 spiro atoms. The lowest BCUT2D eigenvalue weighted by molar-refractivity contribution is 1.16. The van der Waals surface area contributed by atoms with E-state index in [9.17, 15) is 0 Å². The van der Waals surface area contributed by atoms with E-state index in [2.05, 4.69) is 15.2 Å². The van der Waals surface area contributed by atoms with E-state index < -0.39 is 0 Å². The summed E-state index contributed by atoms with van der Waals surface area (Å²) < 4.78 is 0. The Labute approximate surface area is 91.3 Å². The highest BCUT2D eigenvalue weighted by molar-refractivity contribution is 8.14. The van der Waals surface area contributed by atoms with Crippen LogP contribution in [0.4, 0.5) is 5.69 Å². The number of rotatable bonds is 1. The smallest absolute Gasteiger partial charge is 0.204 e. The third-order valence-electron chi connectivity index (χ3n) is 1.63. The van der Waals surface area contributed by atoms with Gasteiger partial charge in [-0.05, 0) is 18.2 Å². The number of thioether (sulfide) groups is 1. The van der Waals surface area contributed by atoms with Gasteiger partial charge in [0.2, 0.25) is 5.17 Å². The number of halogens is 1. The first-order valence-corrected chi connectivity index (χ1v) is 5.55. The van der Waals surface area contributed by atoms with Crippen LogP contribution in [0.15, 0.2) is 39.5 Å². The molecule has 1 aromatic rings. The van der Waals surface area contributed by atoms with Gasteiger partial charge in [0, 0.05) is 10.8 Å². The second-order valence-corrected chi connectivity index (χ2v) is 4.19. The van der Waals surface area contributed by atoms with Gasteiger partial charge < -0.3 is 0 Å². The maximum atomic E-state index is 5.80. The van der Waals surface area contributed by atoms with Gasteiger partial charge in [0.05, 0.1) is 12.2 Å². The van der Waals surface area contributed by atoms with E-state index in [0.717, 1.165) is 23.2 Å². The number of benzene rings is 1. The first kappa shape index (κ1) is 9.68. The predicted molar refractivity (Wildman–Crippen MR) is 60.7 cm³/mol. The minimum absolute atomic E-state index is 0.669. The lowest BCUT2D eigenvalue weighted by Crippen LogP contribution is -1.76. The van der Waals surface area contributed by atoms with Crippen molar-refractivity contribution >= 4 is 34.2 Å². The van der Waals surface area contributed by atoms with Crippen LogP contribution in [0, 0.1) is 0 Å². The first-order valence-electron chi connectivity index (χ1n) is 4.19. The molecule has 14 heavy (non-hydrogen) atoms.